The fraction of sp³-hybridized carbons (Fsp3) is 0.571. The molecule has 0 amide bonds. The molecule has 110 valence electrons. The molecule has 1 fully saturated rings. The Morgan fingerprint density at radius 2 is 2.20 bits per heavy atom. The first kappa shape index (κ1) is 15.1. The van der Waals surface area contributed by atoms with E-state index in [1.54, 1.807) is 12.1 Å². The van der Waals surface area contributed by atoms with E-state index in [0.717, 1.165) is 13.0 Å². The monoisotopic (exact) mass is 298 g/mol. The van der Waals surface area contributed by atoms with Crippen LogP contribution in [-0.4, -0.2) is 35.2 Å². The summed E-state index contributed by atoms with van der Waals surface area (Å²) < 4.78 is 11.1. The summed E-state index contributed by atoms with van der Waals surface area (Å²) in [7, 11) is 0. The number of esters is 1. The van der Waals surface area contributed by atoms with E-state index in [1.165, 1.54) is 6.20 Å². The largest absolute Gasteiger partial charge is 0.475 e. The molecule has 0 saturated carbocycles. The highest BCUT2D eigenvalue weighted by molar-refractivity contribution is 6.29. The van der Waals surface area contributed by atoms with Gasteiger partial charge in [-0.1, -0.05) is 11.6 Å². The molecule has 1 aromatic rings. The van der Waals surface area contributed by atoms with E-state index in [1.807, 2.05) is 20.8 Å². The highest BCUT2D eigenvalue weighted by atomic mass is 35.5. The van der Waals surface area contributed by atoms with Gasteiger partial charge in [-0.25, -0.2) is 9.78 Å². The molecule has 1 aliphatic heterocycles. The number of aromatic nitrogens is 1. The lowest BCUT2D eigenvalue weighted by Gasteiger charge is -2.35. The van der Waals surface area contributed by atoms with E-state index >= 15 is 0 Å². The smallest absolute Gasteiger partial charge is 0.349 e. The Hall–Kier alpha value is -1.33. The molecule has 1 aromatic heterocycles. The lowest BCUT2D eigenvalue weighted by atomic mass is 10.0. The van der Waals surface area contributed by atoms with E-state index < -0.39 is 11.7 Å². The molecule has 1 aliphatic rings. The third-order valence-electron chi connectivity index (χ3n) is 2.83. The summed E-state index contributed by atoms with van der Waals surface area (Å²) in [6.45, 7) is 6.38. The Morgan fingerprint density at radius 1 is 1.50 bits per heavy atom. The highest BCUT2D eigenvalue weighted by Crippen LogP contribution is 2.20. The minimum Gasteiger partial charge on any atom is -0.475 e. The summed E-state index contributed by atoms with van der Waals surface area (Å²) in [6, 6.07) is 3.28. The number of nitrogens with zero attached hydrogens (tertiary/aromatic N) is 1. The van der Waals surface area contributed by atoms with Gasteiger partial charge in [0, 0.05) is 0 Å². The van der Waals surface area contributed by atoms with Crippen LogP contribution in [-0.2, 0) is 9.53 Å². The summed E-state index contributed by atoms with van der Waals surface area (Å²) in [4.78, 5) is 16.2. The van der Waals surface area contributed by atoms with Gasteiger partial charge in [0.05, 0.1) is 12.2 Å². The number of rotatable bonds is 4. The molecular formula is C14H19ClN2O3. The normalized spacial score (nSPS) is 19.9. The van der Waals surface area contributed by atoms with Crippen LogP contribution < -0.4 is 10.1 Å². The van der Waals surface area contributed by atoms with Gasteiger partial charge < -0.3 is 14.8 Å². The van der Waals surface area contributed by atoms with Crippen molar-refractivity contribution in [3.63, 3.8) is 0 Å². The summed E-state index contributed by atoms with van der Waals surface area (Å²) in [5.74, 6) is 0.128. The van der Waals surface area contributed by atoms with E-state index in [4.69, 9.17) is 21.1 Å². The third-order valence-corrected chi connectivity index (χ3v) is 3.05. The van der Waals surface area contributed by atoms with Crippen LogP contribution in [0.2, 0.25) is 5.15 Å². The predicted octanol–water partition coefficient (Wildman–Crippen LogP) is 2.19. The molecular weight excluding hydrogens is 280 g/mol. The molecule has 20 heavy (non-hydrogen) atoms. The first-order valence-corrected chi connectivity index (χ1v) is 6.97. The number of carbonyl (C=O) groups is 1. The Balaban J connectivity index is 2.07. The lowest BCUT2D eigenvalue weighted by Crippen LogP contribution is -2.57. The zero-order chi connectivity index (χ0) is 14.8. The van der Waals surface area contributed by atoms with E-state index in [9.17, 15) is 4.79 Å². The van der Waals surface area contributed by atoms with Crippen molar-refractivity contribution in [3.05, 3.63) is 23.5 Å². The van der Waals surface area contributed by atoms with E-state index in [-0.39, 0.29) is 12.0 Å². The number of nitrogens with one attached hydrogen (secondary N) is 1. The van der Waals surface area contributed by atoms with Gasteiger partial charge in [0.2, 0.25) is 6.10 Å². The number of ether oxygens (including phenoxy) is 2. The van der Waals surface area contributed by atoms with Crippen molar-refractivity contribution in [2.45, 2.75) is 44.9 Å². The van der Waals surface area contributed by atoms with Gasteiger partial charge in [0.25, 0.3) is 0 Å². The van der Waals surface area contributed by atoms with Crippen LogP contribution in [0, 0.1) is 0 Å². The topological polar surface area (TPSA) is 60.5 Å². The number of hydrogen-bond acceptors (Lipinski definition) is 5. The summed E-state index contributed by atoms with van der Waals surface area (Å²) in [6.07, 6.45) is 1.70. The van der Waals surface area contributed by atoms with Crippen molar-refractivity contribution in [1.82, 2.24) is 10.3 Å². The van der Waals surface area contributed by atoms with Gasteiger partial charge in [-0.05, 0) is 45.9 Å². The molecule has 0 radical (unpaired) electrons. The van der Waals surface area contributed by atoms with Gasteiger partial charge >= 0.3 is 5.97 Å². The maximum atomic E-state index is 12.2. The van der Waals surface area contributed by atoms with Crippen LogP contribution in [0.15, 0.2) is 18.3 Å². The Labute approximate surface area is 123 Å². The second-order valence-electron chi connectivity index (χ2n) is 5.74. The first-order valence-electron chi connectivity index (χ1n) is 6.59. The Morgan fingerprint density at radius 3 is 2.65 bits per heavy atom. The average molecular weight is 299 g/mol. The number of pyridine rings is 1. The molecule has 0 spiro atoms. The lowest BCUT2D eigenvalue weighted by molar-refractivity contribution is -0.165. The van der Waals surface area contributed by atoms with Crippen molar-refractivity contribution >= 4 is 17.6 Å². The maximum Gasteiger partial charge on any atom is 0.349 e. The molecule has 0 aromatic carbocycles. The second-order valence-corrected chi connectivity index (χ2v) is 6.13. The van der Waals surface area contributed by atoms with E-state index in [2.05, 4.69) is 10.3 Å². The molecule has 2 heterocycles. The Kier molecular flexibility index (Phi) is 4.50. The molecule has 1 N–H and O–H groups in total. The zero-order valence-corrected chi connectivity index (χ0v) is 12.6. The standard InChI is InChI=1S/C14H19ClN2O3/c1-14(2,3)20-13(18)12(10-6-7-16-10)19-9-4-5-11(15)17-8-9/h4-5,8,10,12,16H,6-7H2,1-3H3/t10-,12?/m0/s1. The van der Waals surface area contributed by atoms with Crippen LogP contribution >= 0.6 is 11.6 Å². The van der Waals surface area contributed by atoms with Crippen LogP contribution in [0.4, 0.5) is 0 Å². The van der Waals surface area contributed by atoms with Crippen molar-refractivity contribution in [3.8, 4) is 5.75 Å². The molecule has 2 rings (SSSR count). The van der Waals surface area contributed by atoms with Crippen molar-refractivity contribution in [2.75, 3.05) is 6.54 Å². The molecule has 5 nitrogen and oxygen atoms in total. The fourth-order valence-electron chi connectivity index (χ4n) is 1.80. The van der Waals surface area contributed by atoms with Gasteiger partial charge in [-0.3, -0.25) is 0 Å². The first-order chi connectivity index (χ1) is 9.35. The molecule has 6 heteroatoms. The van der Waals surface area contributed by atoms with Gasteiger partial charge in [-0.15, -0.1) is 0 Å². The molecule has 2 atom stereocenters. The van der Waals surface area contributed by atoms with Gasteiger partial charge in [0.15, 0.2) is 0 Å². The Bertz CT molecular complexity index is 466. The van der Waals surface area contributed by atoms with Crippen molar-refractivity contribution < 1.29 is 14.3 Å². The zero-order valence-electron chi connectivity index (χ0n) is 11.9. The minimum atomic E-state index is -0.675. The quantitative estimate of drug-likeness (QED) is 0.682. The van der Waals surface area contributed by atoms with Gasteiger partial charge in [0.1, 0.15) is 16.5 Å². The highest BCUT2D eigenvalue weighted by Gasteiger charge is 2.37. The van der Waals surface area contributed by atoms with E-state index in [0.29, 0.717) is 10.9 Å². The van der Waals surface area contributed by atoms with Gasteiger partial charge in [-0.2, -0.15) is 0 Å². The van der Waals surface area contributed by atoms with Crippen LogP contribution in [0.5, 0.6) is 5.75 Å². The third kappa shape index (κ3) is 4.08. The number of hydrogen-bond donors (Lipinski definition) is 1. The minimum absolute atomic E-state index is 0.0273. The molecule has 1 saturated heterocycles. The van der Waals surface area contributed by atoms with Crippen LogP contribution in [0.1, 0.15) is 27.2 Å². The molecule has 0 aliphatic carbocycles. The SMILES string of the molecule is CC(C)(C)OC(=O)C(Oc1ccc(Cl)nc1)[C@@H]1CCN1. The number of halogens is 1. The second kappa shape index (κ2) is 5.97. The van der Waals surface area contributed by atoms with Crippen molar-refractivity contribution in [1.29, 1.82) is 0 Å². The summed E-state index contributed by atoms with van der Waals surface area (Å²) in [5, 5.41) is 3.55. The molecule has 1 unspecified atom stereocenters. The predicted molar refractivity (Wildman–Crippen MR) is 75.9 cm³/mol. The van der Waals surface area contributed by atoms with Crippen molar-refractivity contribution in [2.24, 2.45) is 0 Å². The summed E-state index contributed by atoms with van der Waals surface area (Å²) in [5.41, 5.74) is -0.541. The van der Waals surface area contributed by atoms with Crippen LogP contribution in [0.25, 0.3) is 0 Å². The summed E-state index contributed by atoms with van der Waals surface area (Å²) >= 11 is 5.73. The number of carbonyl (C=O) groups excluding carboxylic acids is 1. The molecule has 0 bridgehead atoms. The van der Waals surface area contributed by atoms with Crippen LogP contribution in [0.3, 0.4) is 0 Å². The maximum absolute atomic E-state index is 12.2. The fourth-order valence-corrected chi connectivity index (χ4v) is 1.91. The average Bonchev–Trinajstić information content (AvgIpc) is 2.26.